The third-order valence-corrected chi connectivity index (χ3v) is 2.66. The molecule has 0 saturated heterocycles. The molecule has 0 heterocycles. The van der Waals surface area contributed by atoms with E-state index < -0.39 is 0 Å². The van der Waals surface area contributed by atoms with Crippen molar-refractivity contribution in [2.75, 3.05) is 19.7 Å². The third-order valence-electron chi connectivity index (χ3n) is 2.66. The molecule has 0 bridgehead atoms. The third kappa shape index (κ3) is 5.47. The molecule has 2 N–H and O–H groups in total. The summed E-state index contributed by atoms with van der Waals surface area (Å²) < 4.78 is 0. The SMILES string of the molecule is CCCNC(=O)C(C)N(CCCO)C(C)C. The van der Waals surface area contributed by atoms with E-state index in [0.29, 0.717) is 12.5 Å². The van der Waals surface area contributed by atoms with Crippen molar-refractivity contribution in [2.45, 2.75) is 52.6 Å². The van der Waals surface area contributed by atoms with Crippen LogP contribution < -0.4 is 5.32 Å². The summed E-state index contributed by atoms with van der Waals surface area (Å²) in [6.45, 7) is 9.76. The van der Waals surface area contributed by atoms with E-state index in [1.54, 1.807) is 0 Å². The summed E-state index contributed by atoms with van der Waals surface area (Å²) >= 11 is 0. The molecule has 0 aromatic heterocycles. The number of rotatable bonds is 8. The van der Waals surface area contributed by atoms with E-state index in [1.165, 1.54) is 0 Å². The standard InChI is InChI=1S/C12H26N2O2/c1-5-7-13-12(16)11(4)14(10(2)3)8-6-9-15/h10-11,15H,5-9H2,1-4H3,(H,13,16). The first-order chi connectivity index (χ1) is 7.54. The van der Waals surface area contributed by atoms with Gasteiger partial charge in [0.1, 0.15) is 0 Å². The Morgan fingerprint density at radius 1 is 1.38 bits per heavy atom. The number of nitrogens with zero attached hydrogens (tertiary/aromatic N) is 1. The van der Waals surface area contributed by atoms with Crippen LogP contribution in [-0.4, -0.2) is 47.7 Å². The van der Waals surface area contributed by atoms with Gasteiger partial charge in [0.15, 0.2) is 0 Å². The molecule has 0 fully saturated rings. The molecule has 1 atom stereocenters. The number of hydrogen-bond donors (Lipinski definition) is 2. The van der Waals surface area contributed by atoms with Crippen LogP contribution in [0, 0.1) is 0 Å². The van der Waals surface area contributed by atoms with E-state index >= 15 is 0 Å². The van der Waals surface area contributed by atoms with Crippen molar-refractivity contribution < 1.29 is 9.90 Å². The van der Waals surface area contributed by atoms with Crippen LogP contribution in [0.3, 0.4) is 0 Å². The lowest BCUT2D eigenvalue weighted by Crippen LogP contribution is -2.48. The van der Waals surface area contributed by atoms with E-state index in [-0.39, 0.29) is 18.6 Å². The van der Waals surface area contributed by atoms with Crippen molar-refractivity contribution in [3.05, 3.63) is 0 Å². The summed E-state index contributed by atoms with van der Waals surface area (Å²) in [4.78, 5) is 13.9. The minimum absolute atomic E-state index is 0.0773. The fraction of sp³-hybridized carbons (Fsp3) is 0.917. The maximum atomic E-state index is 11.8. The minimum Gasteiger partial charge on any atom is -0.396 e. The lowest BCUT2D eigenvalue weighted by molar-refractivity contribution is -0.126. The van der Waals surface area contributed by atoms with Crippen LogP contribution in [0.25, 0.3) is 0 Å². The molecule has 0 aliphatic carbocycles. The van der Waals surface area contributed by atoms with Crippen LogP contribution in [-0.2, 0) is 4.79 Å². The number of amides is 1. The minimum atomic E-state index is -0.127. The van der Waals surface area contributed by atoms with Crippen molar-refractivity contribution in [3.8, 4) is 0 Å². The highest BCUT2D eigenvalue weighted by molar-refractivity contribution is 5.81. The van der Waals surface area contributed by atoms with Crippen molar-refractivity contribution in [3.63, 3.8) is 0 Å². The molecule has 0 aromatic carbocycles. The molecule has 1 amide bonds. The monoisotopic (exact) mass is 230 g/mol. The molecule has 4 nitrogen and oxygen atoms in total. The normalized spacial score (nSPS) is 13.2. The number of carbonyl (C=O) groups is 1. The van der Waals surface area contributed by atoms with Gasteiger partial charge in [-0.1, -0.05) is 6.92 Å². The van der Waals surface area contributed by atoms with Gasteiger partial charge in [-0.15, -0.1) is 0 Å². The van der Waals surface area contributed by atoms with Crippen LogP contribution in [0.2, 0.25) is 0 Å². The van der Waals surface area contributed by atoms with E-state index in [0.717, 1.165) is 19.5 Å². The first kappa shape index (κ1) is 15.4. The number of aliphatic hydroxyl groups is 1. The number of carbonyl (C=O) groups excluding carboxylic acids is 1. The molecule has 0 radical (unpaired) electrons. The van der Waals surface area contributed by atoms with E-state index in [1.807, 2.05) is 13.8 Å². The first-order valence-electron chi connectivity index (χ1n) is 6.18. The zero-order valence-corrected chi connectivity index (χ0v) is 11.0. The van der Waals surface area contributed by atoms with Gasteiger partial charge >= 0.3 is 0 Å². The highest BCUT2D eigenvalue weighted by Gasteiger charge is 2.22. The Balaban J connectivity index is 4.24. The lowest BCUT2D eigenvalue weighted by Gasteiger charge is -2.31. The average Bonchev–Trinajstić information content (AvgIpc) is 2.25. The Morgan fingerprint density at radius 3 is 2.44 bits per heavy atom. The molecule has 96 valence electrons. The van der Waals surface area contributed by atoms with Gasteiger partial charge in [-0.2, -0.15) is 0 Å². The summed E-state index contributed by atoms with van der Waals surface area (Å²) in [7, 11) is 0. The number of nitrogens with one attached hydrogen (secondary N) is 1. The second kappa shape index (κ2) is 8.53. The second-order valence-corrected chi connectivity index (χ2v) is 4.38. The quantitative estimate of drug-likeness (QED) is 0.654. The average molecular weight is 230 g/mol. The van der Waals surface area contributed by atoms with Gasteiger partial charge in [0.25, 0.3) is 0 Å². The fourth-order valence-corrected chi connectivity index (χ4v) is 1.70. The van der Waals surface area contributed by atoms with Gasteiger partial charge in [-0.3, -0.25) is 9.69 Å². The lowest BCUT2D eigenvalue weighted by atomic mass is 10.2. The summed E-state index contributed by atoms with van der Waals surface area (Å²) in [5.41, 5.74) is 0. The predicted molar refractivity (Wildman–Crippen MR) is 66.3 cm³/mol. The molecule has 0 spiro atoms. The molecular weight excluding hydrogens is 204 g/mol. The van der Waals surface area contributed by atoms with Gasteiger partial charge in [0.05, 0.1) is 6.04 Å². The highest BCUT2D eigenvalue weighted by atomic mass is 16.3. The number of aliphatic hydroxyl groups excluding tert-OH is 1. The van der Waals surface area contributed by atoms with Gasteiger partial charge in [-0.25, -0.2) is 0 Å². The van der Waals surface area contributed by atoms with Gasteiger partial charge in [0.2, 0.25) is 5.91 Å². The molecule has 16 heavy (non-hydrogen) atoms. The van der Waals surface area contributed by atoms with Gasteiger partial charge in [-0.05, 0) is 33.6 Å². The molecular formula is C12H26N2O2. The Hall–Kier alpha value is -0.610. The Labute approximate surface area is 99.0 Å². The van der Waals surface area contributed by atoms with Gasteiger partial charge in [0, 0.05) is 25.7 Å². The van der Waals surface area contributed by atoms with Crippen LogP contribution in [0.1, 0.15) is 40.5 Å². The largest absolute Gasteiger partial charge is 0.396 e. The van der Waals surface area contributed by atoms with Crippen LogP contribution >= 0.6 is 0 Å². The second-order valence-electron chi connectivity index (χ2n) is 4.38. The van der Waals surface area contributed by atoms with Crippen molar-refractivity contribution in [1.82, 2.24) is 10.2 Å². The van der Waals surface area contributed by atoms with Gasteiger partial charge < -0.3 is 10.4 Å². The van der Waals surface area contributed by atoms with Crippen molar-refractivity contribution in [1.29, 1.82) is 0 Å². The number of hydrogen-bond acceptors (Lipinski definition) is 3. The molecule has 0 aromatic rings. The summed E-state index contributed by atoms with van der Waals surface area (Å²) in [6, 6.07) is 0.187. The Morgan fingerprint density at radius 2 is 2.00 bits per heavy atom. The zero-order chi connectivity index (χ0) is 12.6. The molecule has 0 aliphatic rings. The molecule has 0 rings (SSSR count). The Kier molecular flexibility index (Phi) is 8.21. The molecule has 0 saturated carbocycles. The van der Waals surface area contributed by atoms with Crippen LogP contribution in [0.15, 0.2) is 0 Å². The first-order valence-corrected chi connectivity index (χ1v) is 6.18. The zero-order valence-electron chi connectivity index (χ0n) is 11.0. The predicted octanol–water partition coefficient (Wildman–Crippen LogP) is 0.994. The Bertz CT molecular complexity index is 195. The van der Waals surface area contributed by atoms with E-state index in [2.05, 4.69) is 24.1 Å². The van der Waals surface area contributed by atoms with Crippen molar-refractivity contribution >= 4 is 5.91 Å². The highest BCUT2D eigenvalue weighted by Crippen LogP contribution is 2.06. The maximum Gasteiger partial charge on any atom is 0.237 e. The molecule has 1 unspecified atom stereocenters. The molecule has 0 aliphatic heterocycles. The van der Waals surface area contributed by atoms with Crippen LogP contribution in [0.4, 0.5) is 0 Å². The topological polar surface area (TPSA) is 52.6 Å². The summed E-state index contributed by atoms with van der Waals surface area (Å²) in [5, 5.41) is 11.7. The maximum absolute atomic E-state index is 11.8. The molecule has 4 heteroatoms. The fourth-order valence-electron chi connectivity index (χ4n) is 1.70. The van der Waals surface area contributed by atoms with E-state index in [4.69, 9.17) is 5.11 Å². The summed E-state index contributed by atoms with van der Waals surface area (Å²) in [6.07, 6.45) is 1.67. The van der Waals surface area contributed by atoms with Crippen LogP contribution in [0.5, 0.6) is 0 Å². The summed E-state index contributed by atoms with van der Waals surface area (Å²) in [5.74, 6) is 0.0773. The smallest absolute Gasteiger partial charge is 0.237 e. The van der Waals surface area contributed by atoms with Crippen molar-refractivity contribution in [2.24, 2.45) is 0 Å². The van der Waals surface area contributed by atoms with E-state index in [9.17, 15) is 4.79 Å².